The van der Waals surface area contributed by atoms with Crippen molar-refractivity contribution in [2.75, 3.05) is 0 Å². The zero-order valence-corrected chi connectivity index (χ0v) is 7.23. The van der Waals surface area contributed by atoms with Crippen molar-refractivity contribution in [2.24, 2.45) is 0 Å². The number of carbonyl (C=O) groups excluding carboxylic acids is 1. The Bertz CT molecular complexity index is 260. The van der Waals surface area contributed by atoms with Gasteiger partial charge in [0.2, 0.25) is 0 Å². The van der Waals surface area contributed by atoms with Crippen molar-refractivity contribution < 1.29 is 4.79 Å². The normalized spacial score (nSPS) is 10.6. The van der Waals surface area contributed by atoms with Crippen LogP contribution in [0.5, 0.6) is 0 Å². The Morgan fingerprint density at radius 1 is 1.55 bits per heavy atom. The average molecular weight is 166 g/mol. The topological polar surface area (TPSA) is 17.1 Å². The minimum atomic E-state index is 0.797. The van der Waals surface area contributed by atoms with E-state index in [1.165, 1.54) is 11.0 Å². The Hall–Kier alpha value is -0.890. The lowest BCUT2D eigenvalue weighted by Crippen LogP contribution is -1.63. The molecule has 58 valence electrons. The van der Waals surface area contributed by atoms with E-state index in [0.29, 0.717) is 0 Å². The van der Waals surface area contributed by atoms with Crippen LogP contribution in [-0.4, -0.2) is 6.29 Å². The molecule has 0 aliphatic rings. The first kappa shape index (κ1) is 8.21. The van der Waals surface area contributed by atoms with Gasteiger partial charge in [0, 0.05) is 9.75 Å². The Kier molecular flexibility index (Phi) is 3.05. The zero-order chi connectivity index (χ0) is 8.10. The van der Waals surface area contributed by atoms with Gasteiger partial charge in [0.05, 0.1) is 0 Å². The number of hydrogen-bond donors (Lipinski definition) is 0. The maximum absolute atomic E-state index is 9.97. The fraction of sp³-hybridized carbons (Fsp3) is 0.222. The van der Waals surface area contributed by atoms with E-state index in [2.05, 4.69) is 13.0 Å². The fourth-order valence-corrected chi connectivity index (χ4v) is 1.67. The molecule has 0 aromatic carbocycles. The van der Waals surface area contributed by atoms with Crippen molar-refractivity contribution in [3.05, 3.63) is 28.0 Å². The molecule has 1 nitrogen and oxygen atoms in total. The lowest BCUT2D eigenvalue weighted by molar-refractivity contribution is -0.104. The second-order valence-electron chi connectivity index (χ2n) is 2.15. The number of thiophene rings is 1. The van der Waals surface area contributed by atoms with Gasteiger partial charge in [0.25, 0.3) is 0 Å². The van der Waals surface area contributed by atoms with Gasteiger partial charge in [-0.25, -0.2) is 0 Å². The lowest BCUT2D eigenvalue weighted by Gasteiger charge is -1.82. The van der Waals surface area contributed by atoms with Crippen molar-refractivity contribution in [1.29, 1.82) is 0 Å². The van der Waals surface area contributed by atoms with Crippen LogP contribution in [0.3, 0.4) is 0 Å². The number of carbonyl (C=O) groups is 1. The Balaban J connectivity index is 2.72. The second-order valence-corrected chi connectivity index (χ2v) is 3.35. The minimum Gasteiger partial charge on any atom is -0.299 e. The summed E-state index contributed by atoms with van der Waals surface area (Å²) in [7, 11) is 0. The Morgan fingerprint density at radius 3 is 2.91 bits per heavy atom. The molecule has 11 heavy (non-hydrogen) atoms. The van der Waals surface area contributed by atoms with Crippen LogP contribution in [0, 0.1) is 0 Å². The number of aldehydes is 1. The third-order valence-electron chi connectivity index (χ3n) is 1.37. The summed E-state index contributed by atoms with van der Waals surface area (Å²) in [5.41, 5.74) is 0. The third kappa shape index (κ3) is 2.31. The first-order valence-electron chi connectivity index (χ1n) is 3.57. The molecule has 0 bridgehead atoms. The van der Waals surface area contributed by atoms with Crippen LogP contribution in [0.15, 0.2) is 18.2 Å². The van der Waals surface area contributed by atoms with Gasteiger partial charge in [-0.1, -0.05) is 6.92 Å². The molecule has 0 fully saturated rings. The average Bonchev–Trinajstić information content (AvgIpc) is 2.48. The van der Waals surface area contributed by atoms with Crippen molar-refractivity contribution in [3.8, 4) is 0 Å². The molecule has 2 heteroatoms. The van der Waals surface area contributed by atoms with Crippen LogP contribution < -0.4 is 0 Å². The molecule has 0 amide bonds. The van der Waals surface area contributed by atoms with E-state index in [1.807, 2.05) is 12.1 Å². The summed E-state index contributed by atoms with van der Waals surface area (Å²) in [6.07, 6.45) is 5.22. The molecule has 0 aliphatic heterocycles. The van der Waals surface area contributed by atoms with Crippen molar-refractivity contribution in [1.82, 2.24) is 0 Å². The molecule has 0 atom stereocenters. The molecule has 0 saturated carbocycles. The van der Waals surface area contributed by atoms with Crippen molar-refractivity contribution in [3.63, 3.8) is 0 Å². The lowest BCUT2D eigenvalue weighted by atomic mass is 10.3. The molecule has 0 spiro atoms. The largest absolute Gasteiger partial charge is 0.299 e. The number of aryl methyl sites for hydroxylation is 1. The van der Waals surface area contributed by atoms with Gasteiger partial charge < -0.3 is 0 Å². The van der Waals surface area contributed by atoms with Crippen molar-refractivity contribution >= 4 is 23.7 Å². The molecule has 1 aromatic rings. The summed E-state index contributed by atoms with van der Waals surface area (Å²) in [4.78, 5) is 12.5. The summed E-state index contributed by atoms with van der Waals surface area (Å²) in [5, 5.41) is 0. The van der Waals surface area contributed by atoms with E-state index in [1.54, 1.807) is 11.3 Å². The van der Waals surface area contributed by atoms with E-state index >= 15 is 0 Å². The predicted molar refractivity (Wildman–Crippen MR) is 48.8 cm³/mol. The van der Waals surface area contributed by atoms with Gasteiger partial charge >= 0.3 is 0 Å². The monoisotopic (exact) mass is 166 g/mol. The highest BCUT2D eigenvalue weighted by molar-refractivity contribution is 7.12. The maximum Gasteiger partial charge on any atom is 0.142 e. The highest BCUT2D eigenvalue weighted by Crippen LogP contribution is 2.17. The highest BCUT2D eigenvalue weighted by atomic mass is 32.1. The molecule has 1 heterocycles. The van der Waals surface area contributed by atoms with Gasteiger partial charge in [0.1, 0.15) is 6.29 Å². The maximum atomic E-state index is 9.97. The van der Waals surface area contributed by atoms with Crippen LogP contribution in [0.25, 0.3) is 6.08 Å². The van der Waals surface area contributed by atoms with E-state index in [4.69, 9.17) is 0 Å². The van der Waals surface area contributed by atoms with Gasteiger partial charge in [-0.15, -0.1) is 11.3 Å². The van der Waals surface area contributed by atoms with Gasteiger partial charge in [-0.3, -0.25) is 4.79 Å². The first-order chi connectivity index (χ1) is 5.36. The molecule has 0 radical (unpaired) electrons. The quantitative estimate of drug-likeness (QED) is 0.498. The van der Waals surface area contributed by atoms with Crippen LogP contribution in [-0.2, 0) is 11.2 Å². The van der Waals surface area contributed by atoms with Gasteiger partial charge in [-0.2, -0.15) is 0 Å². The van der Waals surface area contributed by atoms with Crippen LogP contribution >= 0.6 is 11.3 Å². The summed E-state index contributed by atoms with van der Waals surface area (Å²) in [6.45, 7) is 2.12. The van der Waals surface area contributed by atoms with E-state index in [0.717, 1.165) is 17.6 Å². The van der Waals surface area contributed by atoms with E-state index in [-0.39, 0.29) is 0 Å². The molecule has 0 unspecified atom stereocenters. The smallest absolute Gasteiger partial charge is 0.142 e. The predicted octanol–water partition coefficient (Wildman–Crippen LogP) is 2.52. The van der Waals surface area contributed by atoms with Gasteiger partial charge in [-0.05, 0) is 30.7 Å². The third-order valence-corrected chi connectivity index (χ3v) is 2.56. The number of rotatable bonds is 3. The number of allylic oxidation sites excluding steroid dienone is 1. The van der Waals surface area contributed by atoms with Crippen molar-refractivity contribution in [2.45, 2.75) is 13.3 Å². The van der Waals surface area contributed by atoms with Crippen LogP contribution in [0.1, 0.15) is 16.7 Å². The van der Waals surface area contributed by atoms with Crippen LogP contribution in [0.2, 0.25) is 0 Å². The van der Waals surface area contributed by atoms with Crippen LogP contribution in [0.4, 0.5) is 0 Å². The number of hydrogen-bond acceptors (Lipinski definition) is 2. The minimum absolute atomic E-state index is 0.797. The summed E-state index contributed by atoms with van der Waals surface area (Å²) >= 11 is 1.73. The Morgan fingerprint density at radius 2 is 2.36 bits per heavy atom. The SMILES string of the molecule is CCc1ccc(/C=C/C=O)s1. The summed E-state index contributed by atoms with van der Waals surface area (Å²) < 4.78 is 0. The molecule has 1 rings (SSSR count). The molecule has 0 saturated heterocycles. The Labute approximate surface area is 70.4 Å². The molecular weight excluding hydrogens is 156 g/mol. The molecule has 1 aromatic heterocycles. The molecule has 0 aliphatic carbocycles. The summed E-state index contributed by atoms with van der Waals surface area (Å²) in [6, 6.07) is 4.12. The zero-order valence-electron chi connectivity index (χ0n) is 6.41. The second kappa shape index (κ2) is 4.09. The summed E-state index contributed by atoms with van der Waals surface area (Å²) in [5.74, 6) is 0. The fourth-order valence-electron chi connectivity index (χ4n) is 0.808. The van der Waals surface area contributed by atoms with Gasteiger partial charge in [0.15, 0.2) is 0 Å². The van der Waals surface area contributed by atoms with E-state index < -0.39 is 0 Å². The molecular formula is C9H10OS. The molecule has 0 N–H and O–H groups in total. The standard InChI is InChI=1S/C9H10OS/c1-2-8-5-6-9(11-8)4-3-7-10/h3-7H,2H2,1H3/b4-3+. The highest BCUT2D eigenvalue weighted by Gasteiger charge is 1.92. The van der Waals surface area contributed by atoms with E-state index in [9.17, 15) is 4.79 Å². The first-order valence-corrected chi connectivity index (χ1v) is 4.39.